The van der Waals surface area contributed by atoms with Gasteiger partial charge in [-0.25, -0.2) is 14.5 Å². The summed E-state index contributed by atoms with van der Waals surface area (Å²) >= 11 is 5.68. The maximum Gasteiger partial charge on any atom is 0.434 e. The summed E-state index contributed by atoms with van der Waals surface area (Å²) in [4.78, 5) is 27.3. The molecule has 1 amide bonds. The minimum absolute atomic E-state index is 0.0220. The van der Waals surface area contributed by atoms with Gasteiger partial charge in [-0.15, -0.1) is 0 Å². The number of hydrogen-bond acceptors (Lipinski definition) is 5. The molecule has 0 saturated heterocycles. The minimum atomic E-state index is -4.92. The van der Waals surface area contributed by atoms with Crippen LogP contribution in [0.25, 0.3) is 0 Å². The lowest BCUT2D eigenvalue weighted by Crippen LogP contribution is -2.18. The van der Waals surface area contributed by atoms with Crippen molar-refractivity contribution in [2.24, 2.45) is 0 Å². The van der Waals surface area contributed by atoms with Crippen LogP contribution >= 0.6 is 11.6 Å². The topological polar surface area (TPSA) is 97.0 Å². The fourth-order valence-corrected chi connectivity index (χ4v) is 2.64. The number of aromatic amines is 1. The Kier molecular flexibility index (Phi) is 5.74. The number of amides is 1. The Bertz CT molecular complexity index is 1180. The van der Waals surface area contributed by atoms with Crippen molar-refractivity contribution in [2.75, 3.05) is 5.32 Å². The van der Waals surface area contributed by atoms with Crippen LogP contribution in [0.2, 0.25) is 5.02 Å². The molecule has 30 heavy (non-hydrogen) atoms. The molecule has 0 aliphatic carbocycles. The number of aryl methyl sites for hydroxylation is 1. The summed E-state index contributed by atoms with van der Waals surface area (Å²) in [6.45, 7) is 1.46. The highest BCUT2D eigenvalue weighted by Crippen LogP contribution is 2.37. The van der Waals surface area contributed by atoms with Gasteiger partial charge in [0, 0.05) is 6.07 Å². The Labute approximate surface area is 170 Å². The van der Waals surface area contributed by atoms with Gasteiger partial charge >= 0.3 is 6.18 Å². The number of H-pyrrole nitrogens is 1. The Balaban J connectivity index is 2.07. The van der Waals surface area contributed by atoms with E-state index in [2.05, 4.69) is 20.5 Å². The van der Waals surface area contributed by atoms with Crippen LogP contribution in [0.15, 0.2) is 41.3 Å². The number of benzene rings is 1. The van der Waals surface area contributed by atoms with E-state index in [1.165, 1.54) is 13.0 Å². The molecule has 0 atom stereocenters. The van der Waals surface area contributed by atoms with Crippen molar-refractivity contribution in [1.29, 1.82) is 0 Å². The molecule has 0 radical (unpaired) electrons. The normalized spacial score (nSPS) is 11.3. The van der Waals surface area contributed by atoms with Gasteiger partial charge in [0.2, 0.25) is 5.88 Å². The summed E-state index contributed by atoms with van der Waals surface area (Å²) in [5, 5.41) is 7.06. The quantitative estimate of drug-likeness (QED) is 0.586. The highest BCUT2D eigenvalue weighted by molar-refractivity contribution is 6.31. The van der Waals surface area contributed by atoms with Crippen LogP contribution in [0.4, 0.5) is 23.2 Å². The molecule has 0 spiro atoms. The number of carbonyl (C=O) groups is 1. The standard InChI is InChI=1S/C18H11ClF4N4O3/c1-8-4-9(20)2-3-13(8)30-17-11(6-12(19)15(26-17)18(21,22)23)16(29)25-10-5-14(28)27-24-7-10/h2-7H,1H3,(H2,25,27,28,29). The summed E-state index contributed by atoms with van der Waals surface area (Å²) in [5.41, 5.74) is -2.30. The number of carbonyl (C=O) groups excluding carboxylic acids is 1. The lowest BCUT2D eigenvalue weighted by molar-refractivity contribution is -0.141. The van der Waals surface area contributed by atoms with E-state index in [-0.39, 0.29) is 17.0 Å². The monoisotopic (exact) mass is 442 g/mol. The van der Waals surface area contributed by atoms with Gasteiger partial charge in [-0.3, -0.25) is 9.59 Å². The van der Waals surface area contributed by atoms with Crippen LogP contribution in [-0.2, 0) is 6.18 Å². The molecule has 0 fully saturated rings. The lowest BCUT2D eigenvalue weighted by atomic mass is 10.2. The number of nitrogens with one attached hydrogen (secondary N) is 2. The average molecular weight is 443 g/mol. The lowest BCUT2D eigenvalue weighted by Gasteiger charge is -2.15. The van der Waals surface area contributed by atoms with Crippen LogP contribution in [0.3, 0.4) is 0 Å². The van der Waals surface area contributed by atoms with Crippen LogP contribution in [-0.4, -0.2) is 21.1 Å². The SMILES string of the molecule is Cc1cc(F)ccc1Oc1nc(C(F)(F)F)c(Cl)cc1C(=O)Nc1cn[nH]c(=O)c1. The van der Waals surface area contributed by atoms with Crippen LogP contribution in [0.5, 0.6) is 11.6 Å². The smallest absolute Gasteiger partial charge is 0.434 e. The predicted octanol–water partition coefficient (Wildman–Crippen LogP) is 4.33. The van der Waals surface area contributed by atoms with E-state index in [0.717, 1.165) is 30.5 Å². The first-order valence-corrected chi connectivity index (χ1v) is 8.50. The van der Waals surface area contributed by atoms with Gasteiger partial charge < -0.3 is 10.1 Å². The zero-order valence-corrected chi connectivity index (χ0v) is 15.7. The first-order chi connectivity index (χ1) is 14.0. The van der Waals surface area contributed by atoms with E-state index < -0.39 is 45.6 Å². The average Bonchev–Trinajstić information content (AvgIpc) is 2.64. The van der Waals surface area contributed by atoms with Crippen molar-refractivity contribution < 1.29 is 27.1 Å². The van der Waals surface area contributed by atoms with Crippen LogP contribution in [0, 0.1) is 12.7 Å². The van der Waals surface area contributed by atoms with Gasteiger partial charge in [0.1, 0.15) is 17.1 Å². The van der Waals surface area contributed by atoms with Crippen molar-refractivity contribution in [3.05, 3.63) is 74.5 Å². The number of aromatic nitrogens is 3. The minimum Gasteiger partial charge on any atom is -0.438 e. The number of pyridine rings is 1. The molecule has 0 saturated carbocycles. The second kappa shape index (κ2) is 8.11. The maximum atomic E-state index is 13.3. The molecule has 3 aromatic rings. The highest BCUT2D eigenvalue weighted by Gasteiger charge is 2.37. The molecule has 7 nitrogen and oxygen atoms in total. The molecular formula is C18H11ClF4N4O3. The third-order valence-electron chi connectivity index (χ3n) is 3.72. The number of halogens is 5. The Hall–Kier alpha value is -3.47. The number of alkyl halides is 3. The van der Waals surface area contributed by atoms with Crippen LogP contribution in [0.1, 0.15) is 21.6 Å². The van der Waals surface area contributed by atoms with Crippen molar-refractivity contribution >= 4 is 23.2 Å². The van der Waals surface area contributed by atoms with Gasteiger partial charge in [-0.05, 0) is 36.8 Å². The predicted molar refractivity (Wildman–Crippen MR) is 98.3 cm³/mol. The molecule has 0 aliphatic rings. The van der Waals surface area contributed by atoms with E-state index in [1.807, 2.05) is 0 Å². The number of rotatable bonds is 4. The molecule has 0 aliphatic heterocycles. The van der Waals surface area contributed by atoms with Gasteiger partial charge in [0.25, 0.3) is 11.5 Å². The number of ether oxygens (including phenoxy) is 1. The van der Waals surface area contributed by atoms with Gasteiger partial charge in [-0.1, -0.05) is 11.6 Å². The molecule has 2 heterocycles. The van der Waals surface area contributed by atoms with E-state index >= 15 is 0 Å². The Morgan fingerprint density at radius 1 is 1.23 bits per heavy atom. The second-order valence-electron chi connectivity index (χ2n) is 5.97. The van der Waals surface area contributed by atoms with Crippen molar-refractivity contribution in [2.45, 2.75) is 13.1 Å². The van der Waals surface area contributed by atoms with Crippen LogP contribution < -0.4 is 15.6 Å². The van der Waals surface area contributed by atoms with Gasteiger partial charge in [0.15, 0.2) is 5.69 Å². The summed E-state index contributed by atoms with van der Waals surface area (Å²) in [7, 11) is 0. The van der Waals surface area contributed by atoms with Crippen molar-refractivity contribution in [1.82, 2.24) is 15.2 Å². The molecule has 156 valence electrons. The first kappa shape index (κ1) is 21.2. The fraction of sp³-hybridized carbons (Fsp3) is 0.111. The third-order valence-corrected chi connectivity index (χ3v) is 4.01. The summed E-state index contributed by atoms with van der Waals surface area (Å²) in [5.74, 6) is -2.28. The Morgan fingerprint density at radius 2 is 1.97 bits per heavy atom. The zero-order valence-electron chi connectivity index (χ0n) is 15.0. The van der Waals surface area contributed by atoms with Crippen molar-refractivity contribution in [3.8, 4) is 11.6 Å². The number of anilines is 1. The molecule has 2 aromatic heterocycles. The van der Waals surface area contributed by atoms with E-state index in [4.69, 9.17) is 16.3 Å². The maximum absolute atomic E-state index is 13.3. The van der Waals surface area contributed by atoms with E-state index in [0.29, 0.717) is 0 Å². The second-order valence-corrected chi connectivity index (χ2v) is 6.38. The molecule has 2 N–H and O–H groups in total. The molecular weight excluding hydrogens is 432 g/mol. The fourth-order valence-electron chi connectivity index (χ4n) is 2.39. The first-order valence-electron chi connectivity index (χ1n) is 8.12. The summed E-state index contributed by atoms with van der Waals surface area (Å²) in [6, 6.07) is 5.05. The third kappa shape index (κ3) is 4.74. The summed E-state index contributed by atoms with van der Waals surface area (Å²) < 4.78 is 58.4. The molecule has 12 heteroatoms. The molecule has 1 aromatic carbocycles. The molecule has 0 unspecified atom stereocenters. The zero-order chi connectivity index (χ0) is 22.1. The molecule has 3 rings (SSSR count). The largest absolute Gasteiger partial charge is 0.438 e. The highest BCUT2D eigenvalue weighted by atomic mass is 35.5. The Morgan fingerprint density at radius 3 is 2.60 bits per heavy atom. The van der Waals surface area contributed by atoms with Gasteiger partial charge in [0.05, 0.1) is 16.9 Å². The van der Waals surface area contributed by atoms with E-state index in [9.17, 15) is 27.2 Å². The van der Waals surface area contributed by atoms with E-state index in [1.54, 1.807) is 0 Å². The van der Waals surface area contributed by atoms with Crippen molar-refractivity contribution in [3.63, 3.8) is 0 Å². The number of nitrogens with zero attached hydrogens (tertiary/aromatic N) is 2. The molecule has 0 bridgehead atoms. The summed E-state index contributed by atoms with van der Waals surface area (Å²) in [6.07, 6.45) is -3.80. The number of hydrogen-bond donors (Lipinski definition) is 2. The van der Waals surface area contributed by atoms with Gasteiger partial charge in [-0.2, -0.15) is 18.3 Å².